The number of rotatable bonds is 5. The molecule has 1 N–H and O–H groups in total. The van der Waals surface area contributed by atoms with E-state index in [2.05, 4.69) is 61.1 Å². The van der Waals surface area contributed by atoms with Gasteiger partial charge in [0.1, 0.15) is 18.5 Å². The number of allylic oxidation sites excluding steroid dienone is 1. The Kier molecular flexibility index (Phi) is 7.04. The van der Waals surface area contributed by atoms with Crippen LogP contribution in [0.3, 0.4) is 0 Å². The molecule has 6 nitrogen and oxygen atoms in total. The van der Waals surface area contributed by atoms with Gasteiger partial charge in [-0.2, -0.15) is 4.58 Å². The fourth-order valence-electron chi connectivity index (χ4n) is 3.43. The van der Waals surface area contributed by atoms with Gasteiger partial charge in [-0.15, -0.1) is 0 Å². The van der Waals surface area contributed by atoms with Crippen molar-refractivity contribution >= 4 is 23.1 Å². The largest absolute Gasteiger partial charge is 0.550 e. The number of carboxylic acid groups (broad SMARTS) is 1. The number of nitrogens with zero attached hydrogens (tertiary/aromatic N) is 1. The molecule has 0 bridgehead atoms. The summed E-state index contributed by atoms with van der Waals surface area (Å²) in [5.74, 6) is 0.434. The Hall–Kier alpha value is -3.28. The van der Waals surface area contributed by atoms with Crippen LogP contribution in [0.1, 0.15) is 26.3 Å². The maximum absolute atomic E-state index is 8.89. The zero-order valence-electron chi connectivity index (χ0n) is 17.8. The first-order valence-corrected chi connectivity index (χ1v) is 9.25. The third kappa shape index (κ3) is 4.96. The quantitative estimate of drug-likeness (QED) is 0.786. The molecule has 1 heterocycles. The number of carboxylic acids is 1. The van der Waals surface area contributed by atoms with Gasteiger partial charge in [-0.3, -0.25) is 0 Å². The Morgan fingerprint density at radius 1 is 1.14 bits per heavy atom. The minimum absolute atomic E-state index is 0.0342. The molecule has 0 saturated heterocycles. The average molecular weight is 396 g/mol. The van der Waals surface area contributed by atoms with Crippen LogP contribution in [-0.4, -0.2) is 37.5 Å². The normalized spacial score (nSPS) is 14.1. The van der Waals surface area contributed by atoms with Crippen molar-refractivity contribution in [2.75, 3.05) is 26.6 Å². The second-order valence-electron chi connectivity index (χ2n) is 7.12. The predicted molar refractivity (Wildman–Crippen MR) is 113 cm³/mol. The topological polar surface area (TPSA) is 73.6 Å². The summed E-state index contributed by atoms with van der Waals surface area (Å²) < 4.78 is 12.9. The van der Waals surface area contributed by atoms with Crippen molar-refractivity contribution in [2.24, 2.45) is 0 Å². The molecule has 0 fully saturated rings. The lowest BCUT2D eigenvalue weighted by atomic mass is 9.81. The van der Waals surface area contributed by atoms with Gasteiger partial charge in [-0.05, 0) is 32.9 Å². The van der Waals surface area contributed by atoms with Crippen LogP contribution in [0.4, 0.5) is 11.4 Å². The van der Waals surface area contributed by atoms with Gasteiger partial charge in [-0.25, -0.2) is 0 Å². The number of fused-ring (bicyclic) bond motifs is 1. The first-order valence-electron chi connectivity index (χ1n) is 9.25. The molecule has 0 amide bonds. The summed E-state index contributed by atoms with van der Waals surface area (Å²) in [7, 11) is 5.41. The Morgan fingerprint density at radius 3 is 2.38 bits per heavy atom. The van der Waals surface area contributed by atoms with Crippen LogP contribution >= 0.6 is 0 Å². The van der Waals surface area contributed by atoms with Crippen LogP contribution in [0.5, 0.6) is 11.5 Å². The number of hydrogen-bond donors (Lipinski definition) is 1. The number of hydrogen-bond acceptors (Lipinski definition) is 5. The number of anilines is 1. The molecule has 1 aliphatic rings. The second kappa shape index (κ2) is 9.28. The highest BCUT2D eigenvalue weighted by Gasteiger charge is 2.42. The van der Waals surface area contributed by atoms with Crippen molar-refractivity contribution in [3.05, 3.63) is 60.3 Å². The number of methoxy groups -OCH3 is 2. The number of carbonyl (C=O) groups excluding carboxylic acids is 1. The van der Waals surface area contributed by atoms with Crippen molar-refractivity contribution in [1.29, 1.82) is 0 Å². The SMILES string of the molecule is CC(=O)[O-].COc1ccc(NC=CC2=[N+](C)c3ccccc3C2(C)C)c(OC)c1. The van der Waals surface area contributed by atoms with Crippen molar-refractivity contribution < 1.29 is 24.0 Å². The molecular formula is C23H28N2O4. The predicted octanol–water partition coefficient (Wildman–Crippen LogP) is 3.09. The van der Waals surface area contributed by atoms with Crippen molar-refractivity contribution in [2.45, 2.75) is 26.2 Å². The Balaban J connectivity index is 0.000000687. The van der Waals surface area contributed by atoms with Crippen molar-refractivity contribution in [3.8, 4) is 11.5 Å². The maximum atomic E-state index is 8.89. The van der Waals surface area contributed by atoms with Gasteiger partial charge in [0.15, 0.2) is 5.71 Å². The molecule has 0 spiro atoms. The summed E-state index contributed by atoms with van der Waals surface area (Å²) in [6.45, 7) is 5.48. The van der Waals surface area contributed by atoms with Crippen LogP contribution in [0.15, 0.2) is 54.7 Å². The fourth-order valence-corrected chi connectivity index (χ4v) is 3.43. The Bertz CT molecular complexity index is 942. The molecule has 2 aromatic rings. The van der Waals surface area contributed by atoms with Gasteiger partial charge in [0.2, 0.25) is 5.69 Å². The van der Waals surface area contributed by atoms with E-state index >= 15 is 0 Å². The van der Waals surface area contributed by atoms with Crippen LogP contribution < -0.4 is 19.9 Å². The van der Waals surface area contributed by atoms with Gasteiger partial charge in [0.05, 0.1) is 25.3 Å². The van der Waals surface area contributed by atoms with E-state index in [0.717, 1.165) is 24.1 Å². The Morgan fingerprint density at radius 2 is 1.79 bits per heavy atom. The third-order valence-corrected chi connectivity index (χ3v) is 4.83. The summed E-state index contributed by atoms with van der Waals surface area (Å²) in [5.41, 5.74) is 4.71. The van der Waals surface area contributed by atoms with Crippen molar-refractivity contribution in [3.63, 3.8) is 0 Å². The zero-order chi connectivity index (χ0) is 21.6. The van der Waals surface area contributed by atoms with E-state index in [4.69, 9.17) is 19.4 Å². The van der Waals surface area contributed by atoms with Crippen LogP contribution in [0, 0.1) is 0 Å². The van der Waals surface area contributed by atoms with Gasteiger partial charge >= 0.3 is 0 Å². The molecule has 3 rings (SSSR count). The minimum atomic E-state index is -1.08. The maximum Gasteiger partial charge on any atom is 0.209 e. The average Bonchev–Trinajstić information content (AvgIpc) is 2.88. The molecule has 154 valence electrons. The number of nitrogens with one attached hydrogen (secondary N) is 1. The van der Waals surface area contributed by atoms with E-state index < -0.39 is 5.97 Å². The summed E-state index contributed by atoms with van der Waals surface area (Å²) in [4.78, 5) is 8.89. The van der Waals surface area contributed by atoms with Gasteiger partial charge in [0, 0.05) is 35.9 Å². The highest BCUT2D eigenvalue weighted by atomic mass is 16.5. The lowest BCUT2D eigenvalue weighted by Gasteiger charge is -2.15. The summed E-state index contributed by atoms with van der Waals surface area (Å²) >= 11 is 0. The standard InChI is InChI=1S/C21H24N2O2.C2H4O2/c1-21(2)16-8-6-7-9-18(16)23(3)20(21)12-13-22-17-11-10-15(24-4)14-19(17)25-5;1-2(3)4/h6-14H,1-5H3;1H3,(H,3,4). The highest BCUT2D eigenvalue weighted by molar-refractivity contribution is 6.03. The van der Waals surface area contributed by atoms with Crippen LogP contribution in [0.25, 0.3) is 0 Å². The lowest BCUT2D eigenvalue weighted by Crippen LogP contribution is -2.26. The third-order valence-electron chi connectivity index (χ3n) is 4.83. The number of ether oxygens (including phenoxy) is 2. The molecule has 0 radical (unpaired) electrons. The van der Waals surface area contributed by atoms with Gasteiger partial charge in [0.25, 0.3) is 0 Å². The van der Waals surface area contributed by atoms with Crippen LogP contribution in [0.2, 0.25) is 0 Å². The molecule has 0 saturated carbocycles. The second-order valence-corrected chi connectivity index (χ2v) is 7.12. The summed E-state index contributed by atoms with van der Waals surface area (Å²) in [5, 5.41) is 12.2. The zero-order valence-corrected chi connectivity index (χ0v) is 17.8. The molecule has 0 aromatic heterocycles. The molecular weight excluding hydrogens is 368 g/mol. The molecule has 0 unspecified atom stereocenters. The number of benzene rings is 2. The fraction of sp³-hybridized carbons (Fsp3) is 0.304. The molecule has 0 atom stereocenters. The van der Waals surface area contributed by atoms with E-state index in [0.29, 0.717) is 0 Å². The smallest absolute Gasteiger partial charge is 0.209 e. The minimum Gasteiger partial charge on any atom is -0.550 e. The number of aliphatic carboxylic acids is 1. The first kappa shape index (κ1) is 22.0. The van der Waals surface area contributed by atoms with E-state index in [1.807, 2.05) is 24.4 Å². The van der Waals surface area contributed by atoms with Crippen LogP contribution in [-0.2, 0) is 10.2 Å². The molecule has 0 aliphatic carbocycles. The molecule has 2 aromatic carbocycles. The summed E-state index contributed by atoms with van der Waals surface area (Å²) in [6, 6.07) is 14.3. The first-order chi connectivity index (χ1) is 13.7. The summed E-state index contributed by atoms with van der Waals surface area (Å²) in [6.07, 6.45) is 4.09. The molecule has 1 aliphatic heterocycles. The monoisotopic (exact) mass is 396 g/mol. The Labute approximate surface area is 172 Å². The van der Waals surface area contributed by atoms with Gasteiger partial charge < -0.3 is 24.7 Å². The van der Waals surface area contributed by atoms with E-state index in [1.165, 1.54) is 17.0 Å². The van der Waals surface area contributed by atoms with E-state index in [1.54, 1.807) is 14.2 Å². The number of para-hydroxylation sites is 1. The molecule has 6 heteroatoms. The van der Waals surface area contributed by atoms with Crippen molar-refractivity contribution in [1.82, 2.24) is 0 Å². The van der Waals surface area contributed by atoms with E-state index in [-0.39, 0.29) is 5.41 Å². The highest BCUT2D eigenvalue weighted by Crippen LogP contribution is 2.39. The number of carbonyl (C=O) groups is 1. The lowest BCUT2D eigenvalue weighted by molar-refractivity contribution is -0.401. The van der Waals surface area contributed by atoms with Gasteiger partial charge in [-0.1, -0.05) is 18.2 Å². The van der Waals surface area contributed by atoms with E-state index in [9.17, 15) is 0 Å². The molecule has 29 heavy (non-hydrogen) atoms.